The summed E-state index contributed by atoms with van der Waals surface area (Å²) in [5.41, 5.74) is 7.47. The lowest BCUT2D eigenvalue weighted by atomic mass is 9.99. The summed E-state index contributed by atoms with van der Waals surface area (Å²) in [7, 11) is 0. The van der Waals surface area contributed by atoms with E-state index >= 15 is 0 Å². The maximum absolute atomic E-state index is 13.9. The van der Waals surface area contributed by atoms with E-state index in [-0.39, 0.29) is 5.82 Å². The van der Waals surface area contributed by atoms with Gasteiger partial charge in [0.1, 0.15) is 11.6 Å². The van der Waals surface area contributed by atoms with Crippen molar-refractivity contribution in [2.45, 2.75) is 19.4 Å². The number of hydrogen-bond donors (Lipinski definition) is 1. The van der Waals surface area contributed by atoms with Crippen molar-refractivity contribution in [3.05, 3.63) is 63.9 Å². The number of rotatable bonds is 5. The third kappa shape index (κ3) is 3.38. The minimum absolute atomic E-state index is 0.307. The highest BCUT2D eigenvalue weighted by molar-refractivity contribution is 9.10. The standard InChI is InChI=1S/C16H17BrFNO/c1-2-10-20-12-8-6-11(7-9-12)16(19)15-13(17)4-3-5-14(15)18/h3-9,16H,2,10,19H2,1H3. The van der Waals surface area contributed by atoms with Crippen LogP contribution in [0.3, 0.4) is 0 Å². The van der Waals surface area contributed by atoms with Crippen LogP contribution >= 0.6 is 15.9 Å². The van der Waals surface area contributed by atoms with Crippen LogP contribution in [0.4, 0.5) is 4.39 Å². The predicted octanol–water partition coefficient (Wildman–Crippen LogP) is 4.43. The van der Waals surface area contributed by atoms with Gasteiger partial charge in [0.2, 0.25) is 0 Å². The largest absolute Gasteiger partial charge is 0.494 e. The molecule has 0 heterocycles. The first-order valence-corrected chi connectivity index (χ1v) is 7.35. The van der Waals surface area contributed by atoms with Crippen molar-refractivity contribution < 1.29 is 9.13 Å². The normalized spacial score (nSPS) is 12.2. The molecule has 1 unspecified atom stereocenters. The van der Waals surface area contributed by atoms with E-state index in [1.165, 1.54) is 6.07 Å². The number of halogens is 2. The van der Waals surface area contributed by atoms with Crippen LogP contribution in [-0.4, -0.2) is 6.61 Å². The molecule has 0 saturated carbocycles. The Bertz CT molecular complexity index is 551. The molecule has 1 atom stereocenters. The van der Waals surface area contributed by atoms with Crippen molar-refractivity contribution in [2.75, 3.05) is 6.61 Å². The monoisotopic (exact) mass is 337 g/mol. The molecule has 2 N–H and O–H groups in total. The highest BCUT2D eigenvalue weighted by atomic mass is 79.9. The zero-order valence-electron chi connectivity index (χ0n) is 11.3. The van der Waals surface area contributed by atoms with E-state index in [9.17, 15) is 4.39 Å². The Labute approximate surface area is 126 Å². The van der Waals surface area contributed by atoms with Gasteiger partial charge < -0.3 is 10.5 Å². The zero-order valence-corrected chi connectivity index (χ0v) is 12.9. The maximum Gasteiger partial charge on any atom is 0.129 e. The number of hydrogen-bond acceptors (Lipinski definition) is 2. The Morgan fingerprint density at radius 2 is 1.90 bits per heavy atom. The molecule has 106 valence electrons. The molecule has 2 aromatic rings. The van der Waals surface area contributed by atoms with E-state index < -0.39 is 6.04 Å². The highest BCUT2D eigenvalue weighted by Gasteiger charge is 2.16. The van der Waals surface area contributed by atoms with Crippen LogP contribution in [0.15, 0.2) is 46.9 Å². The Kier molecular flexibility index (Phi) is 5.15. The van der Waals surface area contributed by atoms with Crippen LogP contribution in [0, 0.1) is 5.82 Å². The minimum Gasteiger partial charge on any atom is -0.494 e. The van der Waals surface area contributed by atoms with E-state index in [1.807, 2.05) is 24.3 Å². The molecule has 2 nitrogen and oxygen atoms in total. The summed E-state index contributed by atoms with van der Waals surface area (Å²) in [5, 5.41) is 0. The minimum atomic E-state index is -0.509. The van der Waals surface area contributed by atoms with Gasteiger partial charge in [-0.3, -0.25) is 0 Å². The molecule has 0 amide bonds. The summed E-state index contributed by atoms with van der Waals surface area (Å²) in [4.78, 5) is 0. The molecular weight excluding hydrogens is 321 g/mol. The molecule has 0 saturated heterocycles. The van der Waals surface area contributed by atoms with E-state index in [0.29, 0.717) is 16.6 Å². The first kappa shape index (κ1) is 15.0. The van der Waals surface area contributed by atoms with Gasteiger partial charge in [0.05, 0.1) is 12.6 Å². The van der Waals surface area contributed by atoms with E-state index in [1.54, 1.807) is 12.1 Å². The van der Waals surface area contributed by atoms with Gasteiger partial charge in [0.25, 0.3) is 0 Å². The summed E-state index contributed by atoms with van der Waals surface area (Å²) in [6.45, 7) is 2.74. The Morgan fingerprint density at radius 1 is 1.20 bits per heavy atom. The summed E-state index contributed by atoms with van der Waals surface area (Å²) < 4.78 is 20.1. The fourth-order valence-electron chi connectivity index (χ4n) is 1.97. The van der Waals surface area contributed by atoms with Crippen molar-refractivity contribution >= 4 is 15.9 Å². The van der Waals surface area contributed by atoms with Gasteiger partial charge in [-0.05, 0) is 36.2 Å². The molecule has 0 aromatic heterocycles. The van der Waals surface area contributed by atoms with Gasteiger partial charge in [0.15, 0.2) is 0 Å². The fraction of sp³-hybridized carbons (Fsp3) is 0.250. The molecule has 20 heavy (non-hydrogen) atoms. The number of benzene rings is 2. The molecule has 2 rings (SSSR count). The van der Waals surface area contributed by atoms with Crippen LogP contribution in [0.2, 0.25) is 0 Å². The third-order valence-electron chi connectivity index (χ3n) is 3.02. The summed E-state index contributed by atoms with van der Waals surface area (Å²) >= 11 is 3.35. The van der Waals surface area contributed by atoms with Gasteiger partial charge in [-0.2, -0.15) is 0 Å². The second kappa shape index (κ2) is 6.86. The molecule has 0 fully saturated rings. The van der Waals surface area contributed by atoms with Crippen molar-refractivity contribution in [2.24, 2.45) is 5.73 Å². The number of ether oxygens (including phenoxy) is 1. The summed E-state index contributed by atoms with van der Waals surface area (Å²) in [6, 6.07) is 11.8. The predicted molar refractivity (Wildman–Crippen MR) is 82.4 cm³/mol. The third-order valence-corrected chi connectivity index (χ3v) is 3.71. The lowest BCUT2D eigenvalue weighted by Gasteiger charge is -2.16. The van der Waals surface area contributed by atoms with Gasteiger partial charge in [0, 0.05) is 10.0 Å². The molecule has 4 heteroatoms. The Morgan fingerprint density at radius 3 is 2.50 bits per heavy atom. The molecule has 0 aliphatic heterocycles. The molecule has 0 spiro atoms. The lowest BCUT2D eigenvalue weighted by molar-refractivity contribution is 0.317. The van der Waals surface area contributed by atoms with E-state index in [0.717, 1.165) is 17.7 Å². The van der Waals surface area contributed by atoms with E-state index in [4.69, 9.17) is 10.5 Å². The van der Waals surface area contributed by atoms with Crippen molar-refractivity contribution in [3.63, 3.8) is 0 Å². The molecular formula is C16H17BrFNO. The van der Waals surface area contributed by atoms with Crippen LogP contribution in [0.1, 0.15) is 30.5 Å². The lowest BCUT2D eigenvalue weighted by Crippen LogP contribution is -2.14. The summed E-state index contributed by atoms with van der Waals surface area (Å²) in [6.07, 6.45) is 0.962. The van der Waals surface area contributed by atoms with Crippen molar-refractivity contribution in [1.82, 2.24) is 0 Å². The molecule has 2 aromatic carbocycles. The molecule has 0 bridgehead atoms. The smallest absolute Gasteiger partial charge is 0.129 e. The first-order valence-electron chi connectivity index (χ1n) is 6.55. The molecule has 0 aliphatic rings. The van der Waals surface area contributed by atoms with Crippen LogP contribution in [-0.2, 0) is 0 Å². The van der Waals surface area contributed by atoms with E-state index in [2.05, 4.69) is 22.9 Å². The number of nitrogens with two attached hydrogens (primary N) is 1. The molecule has 0 radical (unpaired) electrons. The van der Waals surface area contributed by atoms with Crippen molar-refractivity contribution in [1.29, 1.82) is 0 Å². The highest BCUT2D eigenvalue weighted by Crippen LogP contribution is 2.29. The second-order valence-electron chi connectivity index (χ2n) is 4.53. The van der Waals surface area contributed by atoms with Gasteiger partial charge in [-0.1, -0.05) is 41.1 Å². The average molecular weight is 338 g/mol. The topological polar surface area (TPSA) is 35.2 Å². The van der Waals surface area contributed by atoms with Crippen LogP contribution in [0.25, 0.3) is 0 Å². The Hall–Kier alpha value is -1.39. The van der Waals surface area contributed by atoms with Gasteiger partial charge in [-0.15, -0.1) is 0 Å². The maximum atomic E-state index is 13.9. The van der Waals surface area contributed by atoms with Gasteiger partial charge in [-0.25, -0.2) is 4.39 Å². The summed E-state index contributed by atoms with van der Waals surface area (Å²) in [5.74, 6) is 0.494. The molecule has 0 aliphatic carbocycles. The quantitative estimate of drug-likeness (QED) is 0.876. The van der Waals surface area contributed by atoms with Crippen molar-refractivity contribution in [3.8, 4) is 5.75 Å². The second-order valence-corrected chi connectivity index (χ2v) is 5.38. The van der Waals surface area contributed by atoms with Gasteiger partial charge >= 0.3 is 0 Å². The average Bonchev–Trinajstić information content (AvgIpc) is 2.45. The first-order chi connectivity index (χ1) is 9.63. The Balaban J connectivity index is 2.23. The van der Waals surface area contributed by atoms with Crippen LogP contribution in [0.5, 0.6) is 5.75 Å². The fourth-order valence-corrected chi connectivity index (χ4v) is 2.55. The SMILES string of the molecule is CCCOc1ccc(C(N)c2c(F)cccc2Br)cc1. The zero-order chi connectivity index (χ0) is 14.5. The van der Waals surface area contributed by atoms with Crippen LogP contribution < -0.4 is 10.5 Å².